The summed E-state index contributed by atoms with van der Waals surface area (Å²) in [5, 5.41) is 15.8. The summed E-state index contributed by atoms with van der Waals surface area (Å²) in [6.07, 6.45) is 0. The molecule has 1 aromatic heterocycles. The third kappa shape index (κ3) is 2.67. The van der Waals surface area contributed by atoms with E-state index in [-0.39, 0.29) is 9.92 Å². The van der Waals surface area contributed by atoms with Gasteiger partial charge in [-0.2, -0.15) is 0 Å². The molecule has 0 amide bonds. The summed E-state index contributed by atoms with van der Waals surface area (Å²) < 4.78 is 10.9. The van der Waals surface area contributed by atoms with Crippen molar-refractivity contribution >= 4 is 22.0 Å². The number of hydrogen-bond acceptors (Lipinski definition) is 6. The molecule has 1 N–H and O–H groups in total. The van der Waals surface area contributed by atoms with Crippen molar-refractivity contribution in [3.63, 3.8) is 0 Å². The Balaban J connectivity index is 1.67. The molecule has 0 saturated heterocycles. The van der Waals surface area contributed by atoms with Crippen molar-refractivity contribution in [1.29, 1.82) is 0 Å². The van der Waals surface area contributed by atoms with Gasteiger partial charge < -0.3 is 14.8 Å². The minimum Gasteiger partial charge on any atom is -0.486 e. The molecule has 1 aliphatic heterocycles. The highest BCUT2D eigenvalue weighted by atomic mass is 32.1. The smallest absolute Gasteiger partial charge is 0.324 e. The van der Waals surface area contributed by atoms with E-state index in [1.54, 1.807) is 11.4 Å². The van der Waals surface area contributed by atoms with Gasteiger partial charge in [-0.1, -0.05) is 11.3 Å². The molecule has 0 atom stereocenters. The molecule has 7 heteroatoms. The van der Waals surface area contributed by atoms with Gasteiger partial charge in [0.2, 0.25) is 0 Å². The molecule has 2 heterocycles. The van der Waals surface area contributed by atoms with Crippen molar-refractivity contribution in [3.8, 4) is 11.5 Å². The molecular weight excluding hydrogens is 280 g/mol. The van der Waals surface area contributed by atoms with Crippen LogP contribution in [0.5, 0.6) is 11.5 Å². The Morgan fingerprint density at radius 3 is 2.80 bits per heavy atom. The molecule has 2 aromatic rings. The maximum absolute atomic E-state index is 10.6. The minimum atomic E-state index is -0.377. The molecule has 0 bridgehead atoms. The van der Waals surface area contributed by atoms with Crippen LogP contribution in [0.25, 0.3) is 0 Å². The summed E-state index contributed by atoms with van der Waals surface area (Å²) in [5.41, 5.74) is 1.78. The van der Waals surface area contributed by atoms with Crippen LogP contribution in [0.2, 0.25) is 0 Å². The second-order valence-corrected chi connectivity index (χ2v) is 5.15. The molecule has 0 unspecified atom stereocenters. The Kier molecular flexibility index (Phi) is 3.42. The highest BCUT2D eigenvalue weighted by molar-refractivity contribution is 7.13. The van der Waals surface area contributed by atoms with Crippen LogP contribution in [-0.2, 0) is 6.54 Å². The van der Waals surface area contributed by atoms with Gasteiger partial charge in [-0.15, -0.1) is 0 Å². The van der Waals surface area contributed by atoms with Crippen molar-refractivity contribution < 1.29 is 14.4 Å². The third-order valence-corrected chi connectivity index (χ3v) is 3.79. The molecule has 3 rings (SSSR count). The first kappa shape index (κ1) is 12.7. The molecular formula is C13H12N2O4S. The monoisotopic (exact) mass is 292 g/mol. The van der Waals surface area contributed by atoms with Crippen LogP contribution in [0.15, 0.2) is 29.6 Å². The fraction of sp³-hybridized carbons (Fsp3) is 0.231. The minimum absolute atomic E-state index is 0.156. The second kappa shape index (κ2) is 5.38. The number of ether oxygens (including phenoxy) is 2. The number of benzene rings is 1. The van der Waals surface area contributed by atoms with Gasteiger partial charge in [0, 0.05) is 29.7 Å². The Morgan fingerprint density at radius 2 is 2.05 bits per heavy atom. The number of fused-ring (bicyclic) bond motifs is 1. The van der Waals surface area contributed by atoms with Crippen LogP contribution in [0.4, 0.5) is 10.7 Å². The first-order valence-electron chi connectivity index (χ1n) is 6.08. The number of rotatable bonds is 4. The number of thiophene rings is 1. The zero-order chi connectivity index (χ0) is 13.9. The molecule has 104 valence electrons. The van der Waals surface area contributed by atoms with E-state index in [9.17, 15) is 10.1 Å². The quantitative estimate of drug-likeness (QED) is 0.692. The Bertz CT molecular complexity index is 641. The lowest BCUT2D eigenvalue weighted by Crippen LogP contribution is -2.15. The fourth-order valence-corrected chi connectivity index (χ4v) is 2.64. The maximum atomic E-state index is 10.6. The number of nitrogens with one attached hydrogen (secondary N) is 1. The van der Waals surface area contributed by atoms with Crippen molar-refractivity contribution in [1.82, 2.24) is 0 Å². The molecule has 1 aromatic carbocycles. The Morgan fingerprint density at radius 1 is 1.25 bits per heavy atom. The standard InChI is InChI=1S/C13H12N2O4S/c16-15(17)13-5-9(8-20-13)7-14-10-1-2-11-12(6-10)19-4-3-18-11/h1-2,5-6,8,14H,3-4,7H2. The van der Waals surface area contributed by atoms with E-state index < -0.39 is 0 Å². The van der Waals surface area contributed by atoms with E-state index in [1.165, 1.54) is 0 Å². The van der Waals surface area contributed by atoms with E-state index in [0.717, 1.165) is 34.1 Å². The molecule has 1 aliphatic rings. The third-order valence-electron chi connectivity index (χ3n) is 2.86. The lowest BCUT2D eigenvalue weighted by molar-refractivity contribution is -0.380. The van der Waals surface area contributed by atoms with Crippen molar-refractivity contribution in [2.24, 2.45) is 0 Å². The topological polar surface area (TPSA) is 73.6 Å². The normalized spacial score (nSPS) is 13.0. The van der Waals surface area contributed by atoms with Gasteiger partial charge in [0.1, 0.15) is 13.2 Å². The predicted octanol–water partition coefficient (Wildman–Crippen LogP) is 3.04. The van der Waals surface area contributed by atoms with E-state index >= 15 is 0 Å². The molecule has 0 spiro atoms. The van der Waals surface area contributed by atoms with Gasteiger partial charge in [-0.05, 0) is 17.7 Å². The number of hydrogen-bond donors (Lipinski definition) is 1. The van der Waals surface area contributed by atoms with Crippen LogP contribution in [0, 0.1) is 10.1 Å². The molecule has 0 saturated carbocycles. The van der Waals surface area contributed by atoms with Crippen LogP contribution in [0.3, 0.4) is 0 Å². The van der Waals surface area contributed by atoms with Crippen molar-refractivity contribution in [2.75, 3.05) is 18.5 Å². The zero-order valence-electron chi connectivity index (χ0n) is 10.5. The van der Waals surface area contributed by atoms with E-state index in [1.807, 2.05) is 18.2 Å². The average molecular weight is 292 g/mol. The summed E-state index contributed by atoms with van der Waals surface area (Å²) in [5.74, 6) is 1.46. The second-order valence-electron chi connectivity index (χ2n) is 4.26. The van der Waals surface area contributed by atoms with Gasteiger partial charge in [0.15, 0.2) is 11.5 Å². The van der Waals surface area contributed by atoms with Crippen LogP contribution < -0.4 is 14.8 Å². The summed E-state index contributed by atoms with van der Waals surface area (Å²) in [6.45, 7) is 1.65. The molecule has 0 fully saturated rings. The zero-order valence-corrected chi connectivity index (χ0v) is 11.3. The number of nitro groups is 1. The van der Waals surface area contributed by atoms with E-state index in [4.69, 9.17) is 9.47 Å². The van der Waals surface area contributed by atoms with Gasteiger partial charge in [0.05, 0.1) is 4.92 Å². The Labute approximate surface area is 119 Å². The molecule has 0 radical (unpaired) electrons. The van der Waals surface area contributed by atoms with E-state index in [2.05, 4.69) is 5.32 Å². The lowest BCUT2D eigenvalue weighted by atomic mass is 10.2. The molecule has 20 heavy (non-hydrogen) atoms. The van der Waals surface area contributed by atoms with Crippen LogP contribution in [0.1, 0.15) is 5.56 Å². The fourth-order valence-electron chi connectivity index (χ4n) is 1.91. The van der Waals surface area contributed by atoms with Crippen LogP contribution >= 0.6 is 11.3 Å². The number of nitrogens with zero attached hydrogens (tertiary/aromatic N) is 1. The van der Waals surface area contributed by atoms with Gasteiger partial charge in [-0.3, -0.25) is 10.1 Å². The maximum Gasteiger partial charge on any atom is 0.324 e. The highest BCUT2D eigenvalue weighted by Gasteiger charge is 2.12. The first-order chi connectivity index (χ1) is 9.72. The SMILES string of the molecule is O=[N+]([O-])c1cc(CNc2ccc3c(c2)OCCO3)cs1. The first-order valence-corrected chi connectivity index (χ1v) is 6.95. The summed E-state index contributed by atoms with van der Waals surface area (Å²) in [6, 6.07) is 7.20. The largest absolute Gasteiger partial charge is 0.486 e. The molecule has 0 aliphatic carbocycles. The summed E-state index contributed by atoms with van der Waals surface area (Å²) in [7, 11) is 0. The summed E-state index contributed by atoms with van der Waals surface area (Å²) >= 11 is 1.13. The van der Waals surface area contributed by atoms with Gasteiger partial charge in [0.25, 0.3) is 0 Å². The van der Waals surface area contributed by atoms with Crippen molar-refractivity contribution in [3.05, 3.63) is 45.3 Å². The lowest BCUT2D eigenvalue weighted by Gasteiger charge is -2.19. The Hall–Kier alpha value is -2.28. The van der Waals surface area contributed by atoms with Gasteiger partial charge >= 0.3 is 5.00 Å². The average Bonchev–Trinajstić information content (AvgIpc) is 2.94. The number of anilines is 1. The van der Waals surface area contributed by atoms with Crippen molar-refractivity contribution in [2.45, 2.75) is 6.54 Å². The summed E-state index contributed by atoms with van der Waals surface area (Å²) in [4.78, 5) is 10.2. The predicted molar refractivity (Wildman–Crippen MR) is 75.7 cm³/mol. The van der Waals surface area contributed by atoms with Gasteiger partial charge in [-0.25, -0.2) is 0 Å². The van der Waals surface area contributed by atoms with E-state index in [0.29, 0.717) is 19.8 Å². The highest BCUT2D eigenvalue weighted by Crippen LogP contribution is 2.33. The molecule has 6 nitrogen and oxygen atoms in total. The van der Waals surface area contributed by atoms with Crippen LogP contribution in [-0.4, -0.2) is 18.1 Å².